The number of rotatable bonds is 3. The van der Waals surface area contributed by atoms with Gasteiger partial charge in [0.25, 0.3) is 0 Å². The number of hydrogen-bond donors (Lipinski definition) is 1. The summed E-state index contributed by atoms with van der Waals surface area (Å²) in [7, 11) is -2.80. The van der Waals surface area contributed by atoms with E-state index < -0.39 is 9.84 Å². The van der Waals surface area contributed by atoms with Gasteiger partial charge in [0, 0.05) is 12.6 Å². The van der Waals surface area contributed by atoms with Crippen LogP contribution in [0, 0.1) is 11.3 Å². The molecule has 0 amide bonds. The molecule has 124 valence electrons. The van der Waals surface area contributed by atoms with E-state index in [1.165, 1.54) is 32.4 Å². The Morgan fingerprint density at radius 3 is 2.62 bits per heavy atom. The number of sulfone groups is 1. The van der Waals surface area contributed by atoms with Gasteiger partial charge >= 0.3 is 0 Å². The Morgan fingerprint density at radius 1 is 1.19 bits per heavy atom. The van der Waals surface area contributed by atoms with Crippen LogP contribution in [0.4, 0.5) is 0 Å². The standard InChI is InChI=1S/C16H32N2O2S/c1-16(2,3)14-5-4-9-18(10-6-14)11-7-15-13-21(19,20)12-8-17-15/h14-15,17H,4-13H2,1-3H3. The fourth-order valence-corrected chi connectivity index (χ4v) is 5.13. The van der Waals surface area contributed by atoms with Gasteiger partial charge in [-0.25, -0.2) is 8.42 Å². The summed E-state index contributed by atoms with van der Waals surface area (Å²) in [6, 6.07) is 0.158. The topological polar surface area (TPSA) is 49.4 Å². The Kier molecular flexibility index (Phi) is 5.71. The molecule has 5 heteroatoms. The molecule has 2 heterocycles. The maximum absolute atomic E-state index is 11.7. The van der Waals surface area contributed by atoms with Crippen LogP contribution in [0.25, 0.3) is 0 Å². The fourth-order valence-electron chi connectivity index (χ4n) is 3.64. The van der Waals surface area contributed by atoms with Crippen LogP contribution in [-0.2, 0) is 9.84 Å². The smallest absolute Gasteiger partial charge is 0.153 e. The summed E-state index contributed by atoms with van der Waals surface area (Å²) >= 11 is 0. The lowest BCUT2D eigenvalue weighted by Gasteiger charge is -2.30. The number of nitrogens with zero attached hydrogens (tertiary/aromatic N) is 1. The third kappa shape index (κ3) is 5.53. The second-order valence-electron chi connectivity index (χ2n) is 7.89. The molecule has 0 spiro atoms. The lowest BCUT2D eigenvalue weighted by molar-refractivity contribution is 0.206. The van der Waals surface area contributed by atoms with E-state index in [0.717, 1.165) is 18.9 Å². The van der Waals surface area contributed by atoms with Crippen LogP contribution in [0.5, 0.6) is 0 Å². The maximum atomic E-state index is 11.7. The van der Waals surface area contributed by atoms with Crippen molar-refractivity contribution in [2.75, 3.05) is 37.7 Å². The Hall–Kier alpha value is -0.130. The van der Waals surface area contributed by atoms with Gasteiger partial charge in [-0.3, -0.25) is 0 Å². The molecule has 0 radical (unpaired) electrons. The SMILES string of the molecule is CC(C)(C)C1CCCN(CCC2CS(=O)(=O)CCN2)CC1. The van der Waals surface area contributed by atoms with Gasteiger partial charge in [0.15, 0.2) is 9.84 Å². The second kappa shape index (κ2) is 6.97. The summed E-state index contributed by atoms with van der Waals surface area (Å²) in [5, 5.41) is 3.36. The van der Waals surface area contributed by atoms with E-state index in [1.807, 2.05) is 0 Å². The molecule has 1 N–H and O–H groups in total. The predicted octanol–water partition coefficient (Wildman–Crippen LogP) is 1.91. The first-order valence-electron chi connectivity index (χ1n) is 8.42. The zero-order valence-electron chi connectivity index (χ0n) is 13.9. The van der Waals surface area contributed by atoms with Gasteiger partial charge < -0.3 is 10.2 Å². The highest BCUT2D eigenvalue weighted by Gasteiger charge is 2.28. The molecule has 0 aromatic rings. The van der Waals surface area contributed by atoms with Crippen molar-refractivity contribution in [3.8, 4) is 0 Å². The van der Waals surface area contributed by atoms with E-state index in [0.29, 0.717) is 23.5 Å². The van der Waals surface area contributed by atoms with E-state index in [9.17, 15) is 8.42 Å². The fraction of sp³-hybridized carbons (Fsp3) is 1.00. The third-order valence-corrected chi connectivity index (χ3v) is 6.88. The van der Waals surface area contributed by atoms with Crippen LogP contribution < -0.4 is 5.32 Å². The number of nitrogens with one attached hydrogen (secondary N) is 1. The molecule has 21 heavy (non-hydrogen) atoms. The summed E-state index contributed by atoms with van der Waals surface area (Å²) in [6.07, 6.45) is 4.84. The first-order chi connectivity index (χ1) is 9.76. The van der Waals surface area contributed by atoms with Crippen molar-refractivity contribution in [2.24, 2.45) is 11.3 Å². The van der Waals surface area contributed by atoms with Gasteiger partial charge in [-0.1, -0.05) is 20.8 Å². The van der Waals surface area contributed by atoms with Crippen molar-refractivity contribution in [1.82, 2.24) is 10.2 Å². The van der Waals surface area contributed by atoms with Crippen molar-refractivity contribution in [1.29, 1.82) is 0 Å². The lowest BCUT2D eigenvalue weighted by atomic mass is 9.77. The third-order valence-electron chi connectivity index (χ3n) is 5.14. The molecule has 0 aromatic heterocycles. The molecule has 0 bridgehead atoms. The average Bonchev–Trinajstić information content (AvgIpc) is 2.60. The molecule has 0 aromatic carbocycles. The zero-order valence-corrected chi connectivity index (χ0v) is 14.7. The number of likely N-dealkylation sites (tertiary alicyclic amines) is 1. The molecule has 2 atom stereocenters. The maximum Gasteiger partial charge on any atom is 0.153 e. The number of hydrogen-bond acceptors (Lipinski definition) is 4. The first kappa shape index (κ1) is 17.2. The zero-order chi connectivity index (χ0) is 15.5. The van der Waals surface area contributed by atoms with E-state index in [1.54, 1.807) is 0 Å². The Labute approximate surface area is 130 Å². The molecular formula is C16H32N2O2S. The Balaban J connectivity index is 1.76. The van der Waals surface area contributed by atoms with Crippen molar-refractivity contribution < 1.29 is 8.42 Å². The van der Waals surface area contributed by atoms with Crippen LogP contribution in [0.3, 0.4) is 0 Å². The van der Waals surface area contributed by atoms with E-state index in [4.69, 9.17) is 0 Å². The molecule has 2 aliphatic heterocycles. The van der Waals surface area contributed by atoms with Gasteiger partial charge in [-0.2, -0.15) is 0 Å². The summed E-state index contributed by atoms with van der Waals surface area (Å²) < 4.78 is 23.3. The molecule has 2 rings (SSSR count). The van der Waals surface area contributed by atoms with E-state index in [2.05, 4.69) is 31.0 Å². The van der Waals surface area contributed by atoms with Crippen LogP contribution in [-0.4, -0.2) is 57.0 Å². The van der Waals surface area contributed by atoms with Gasteiger partial charge in [-0.15, -0.1) is 0 Å². The quantitative estimate of drug-likeness (QED) is 0.864. The average molecular weight is 317 g/mol. The molecule has 2 aliphatic rings. The Bertz CT molecular complexity index is 428. The second-order valence-corrected chi connectivity index (χ2v) is 10.1. The van der Waals surface area contributed by atoms with Gasteiger partial charge in [0.2, 0.25) is 0 Å². The lowest BCUT2D eigenvalue weighted by Crippen LogP contribution is -2.46. The predicted molar refractivity (Wildman–Crippen MR) is 88.3 cm³/mol. The Morgan fingerprint density at radius 2 is 1.95 bits per heavy atom. The summed E-state index contributed by atoms with van der Waals surface area (Å²) in [4.78, 5) is 2.54. The van der Waals surface area contributed by atoms with Crippen molar-refractivity contribution in [2.45, 2.75) is 52.5 Å². The molecule has 4 nitrogen and oxygen atoms in total. The van der Waals surface area contributed by atoms with Gasteiger partial charge in [-0.05, 0) is 56.7 Å². The van der Waals surface area contributed by atoms with Crippen molar-refractivity contribution in [3.05, 3.63) is 0 Å². The highest BCUT2D eigenvalue weighted by atomic mass is 32.2. The summed E-state index contributed by atoms with van der Waals surface area (Å²) in [6.45, 7) is 11.1. The molecule has 2 saturated heterocycles. The summed E-state index contributed by atoms with van der Waals surface area (Å²) in [5.74, 6) is 1.45. The highest BCUT2D eigenvalue weighted by Crippen LogP contribution is 2.34. The normalized spacial score (nSPS) is 31.8. The molecule has 2 unspecified atom stereocenters. The van der Waals surface area contributed by atoms with E-state index >= 15 is 0 Å². The molecule has 0 aliphatic carbocycles. The van der Waals surface area contributed by atoms with Gasteiger partial charge in [0.1, 0.15) is 0 Å². The molecular weight excluding hydrogens is 284 g/mol. The molecule has 0 saturated carbocycles. The minimum Gasteiger partial charge on any atom is -0.312 e. The van der Waals surface area contributed by atoms with Gasteiger partial charge in [0.05, 0.1) is 11.5 Å². The molecule has 2 fully saturated rings. The van der Waals surface area contributed by atoms with Crippen molar-refractivity contribution in [3.63, 3.8) is 0 Å². The van der Waals surface area contributed by atoms with E-state index in [-0.39, 0.29) is 6.04 Å². The van der Waals surface area contributed by atoms with Crippen LogP contribution in [0.15, 0.2) is 0 Å². The van der Waals surface area contributed by atoms with Crippen LogP contribution >= 0.6 is 0 Å². The largest absolute Gasteiger partial charge is 0.312 e. The summed E-state index contributed by atoms with van der Waals surface area (Å²) in [5.41, 5.74) is 0.412. The minimum atomic E-state index is -2.80. The van der Waals surface area contributed by atoms with Crippen LogP contribution in [0.1, 0.15) is 46.5 Å². The van der Waals surface area contributed by atoms with Crippen molar-refractivity contribution >= 4 is 9.84 Å². The van der Waals surface area contributed by atoms with Crippen LogP contribution in [0.2, 0.25) is 0 Å². The minimum absolute atomic E-state index is 0.158. The monoisotopic (exact) mass is 316 g/mol. The highest BCUT2D eigenvalue weighted by molar-refractivity contribution is 7.91. The first-order valence-corrected chi connectivity index (χ1v) is 10.2.